The third kappa shape index (κ3) is 1.95. The van der Waals surface area contributed by atoms with E-state index in [2.05, 4.69) is 27.2 Å². The Labute approximate surface area is 106 Å². The van der Waals surface area contributed by atoms with Crippen LogP contribution in [0, 0.1) is 5.92 Å². The van der Waals surface area contributed by atoms with Gasteiger partial charge in [0.05, 0.1) is 18.7 Å². The molecule has 18 heavy (non-hydrogen) atoms. The standard InChI is InChI=1S/C13H18N4O/c1-8-4-3-7-14-11(8)13-15-9-5-6-10(18-2)16-12(9)17-13/h5-6,8,11,14H,3-4,7H2,1-2H3,(H,15,16,17). The van der Waals surface area contributed by atoms with Crippen molar-refractivity contribution in [2.45, 2.75) is 25.8 Å². The van der Waals surface area contributed by atoms with Crippen LogP contribution in [0.1, 0.15) is 31.6 Å². The van der Waals surface area contributed by atoms with Crippen LogP contribution >= 0.6 is 0 Å². The van der Waals surface area contributed by atoms with E-state index in [-0.39, 0.29) is 0 Å². The van der Waals surface area contributed by atoms with Crippen LogP contribution in [0.2, 0.25) is 0 Å². The molecule has 2 unspecified atom stereocenters. The Hall–Kier alpha value is -1.62. The molecule has 2 aromatic rings. The topological polar surface area (TPSA) is 62.8 Å². The molecule has 3 rings (SSSR count). The summed E-state index contributed by atoms with van der Waals surface area (Å²) in [7, 11) is 1.62. The molecule has 0 spiro atoms. The van der Waals surface area contributed by atoms with E-state index >= 15 is 0 Å². The quantitative estimate of drug-likeness (QED) is 0.851. The lowest BCUT2D eigenvalue weighted by Crippen LogP contribution is -2.33. The van der Waals surface area contributed by atoms with Gasteiger partial charge in [0, 0.05) is 6.07 Å². The molecular formula is C13H18N4O. The Kier molecular flexibility index (Phi) is 2.91. The number of ether oxygens (including phenoxy) is 1. The highest BCUT2D eigenvalue weighted by Gasteiger charge is 2.25. The van der Waals surface area contributed by atoms with E-state index in [0.29, 0.717) is 17.8 Å². The number of rotatable bonds is 2. The van der Waals surface area contributed by atoms with Gasteiger partial charge in [-0.15, -0.1) is 0 Å². The van der Waals surface area contributed by atoms with Gasteiger partial charge < -0.3 is 15.0 Å². The number of imidazole rings is 1. The van der Waals surface area contributed by atoms with Crippen LogP contribution in [0.5, 0.6) is 5.88 Å². The molecule has 1 aliphatic rings. The Balaban J connectivity index is 1.97. The number of aromatic amines is 1. The Morgan fingerprint density at radius 1 is 1.33 bits per heavy atom. The molecule has 0 radical (unpaired) electrons. The van der Waals surface area contributed by atoms with Gasteiger partial charge in [-0.2, -0.15) is 4.98 Å². The molecule has 5 nitrogen and oxygen atoms in total. The highest BCUT2D eigenvalue weighted by Crippen LogP contribution is 2.28. The maximum Gasteiger partial charge on any atom is 0.215 e. The monoisotopic (exact) mass is 246 g/mol. The maximum absolute atomic E-state index is 5.12. The molecule has 1 fully saturated rings. The van der Waals surface area contributed by atoms with Crippen molar-refractivity contribution < 1.29 is 4.74 Å². The predicted molar refractivity (Wildman–Crippen MR) is 69.6 cm³/mol. The van der Waals surface area contributed by atoms with Crippen molar-refractivity contribution in [2.75, 3.05) is 13.7 Å². The van der Waals surface area contributed by atoms with Crippen LogP contribution in [0.15, 0.2) is 12.1 Å². The molecule has 2 atom stereocenters. The fourth-order valence-electron chi connectivity index (χ4n) is 2.57. The molecule has 2 aromatic heterocycles. The highest BCUT2D eigenvalue weighted by atomic mass is 16.5. The van der Waals surface area contributed by atoms with E-state index in [4.69, 9.17) is 4.74 Å². The van der Waals surface area contributed by atoms with Crippen LogP contribution in [0.4, 0.5) is 0 Å². The maximum atomic E-state index is 5.12. The number of piperidine rings is 1. The SMILES string of the molecule is COc1ccc2[nH]c(C3NCCCC3C)nc2n1. The molecule has 0 aliphatic carbocycles. The smallest absolute Gasteiger partial charge is 0.215 e. The molecule has 0 aromatic carbocycles. The van der Waals surface area contributed by atoms with Crippen molar-refractivity contribution in [3.63, 3.8) is 0 Å². The minimum Gasteiger partial charge on any atom is -0.481 e. The molecule has 2 N–H and O–H groups in total. The number of H-pyrrole nitrogens is 1. The first-order valence-electron chi connectivity index (χ1n) is 6.42. The lowest BCUT2D eigenvalue weighted by molar-refractivity contribution is 0.296. The van der Waals surface area contributed by atoms with Gasteiger partial charge in [0.1, 0.15) is 5.82 Å². The van der Waals surface area contributed by atoms with Crippen molar-refractivity contribution in [2.24, 2.45) is 5.92 Å². The number of nitrogens with zero attached hydrogens (tertiary/aromatic N) is 2. The fraction of sp³-hybridized carbons (Fsp3) is 0.538. The molecule has 0 bridgehead atoms. The lowest BCUT2D eigenvalue weighted by Gasteiger charge is -2.28. The van der Waals surface area contributed by atoms with Gasteiger partial charge in [-0.1, -0.05) is 6.92 Å². The zero-order valence-corrected chi connectivity index (χ0v) is 10.7. The van der Waals surface area contributed by atoms with E-state index in [1.165, 1.54) is 12.8 Å². The van der Waals surface area contributed by atoms with Crippen LogP contribution in [-0.2, 0) is 0 Å². The van der Waals surface area contributed by atoms with Crippen molar-refractivity contribution in [3.8, 4) is 5.88 Å². The van der Waals surface area contributed by atoms with Gasteiger partial charge >= 0.3 is 0 Å². The summed E-state index contributed by atoms with van der Waals surface area (Å²) < 4.78 is 5.12. The molecule has 1 aliphatic heterocycles. The molecule has 0 saturated carbocycles. The normalized spacial score (nSPS) is 24.3. The summed E-state index contributed by atoms with van der Waals surface area (Å²) in [6.45, 7) is 3.32. The summed E-state index contributed by atoms with van der Waals surface area (Å²) in [4.78, 5) is 12.3. The van der Waals surface area contributed by atoms with Gasteiger partial charge in [0.2, 0.25) is 5.88 Å². The molecule has 5 heteroatoms. The second-order valence-electron chi connectivity index (χ2n) is 4.90. The van der Waals surface area contributed by atoms with E-state index < -0.39 is 0 Å². The van der Waals surface area contributed by atoms with Crippen molar-refractivity contribution in [1.29, 1.82) is 0 Å². The van der Waals surface area contributed by atoms with Crippen molar-refractivity contribution in [1.82, 2.24) is 20.3 Å². The number of hydrogen-bond acceptors (Lipinski definition) is 4. The number of fused-ring (bicyclic) bond motifs is 1. The number of methoxy groups -OCH3 is 1. The molecule has 1 saturated heterocycles. The van der Waals surface area contributed by atoms with Gasteiger partial charge in [-0.3, -0.25) is 0 Å². The van der Waals surface area contributed by atoms with E-state index in [1.54, 1.807) is 7.11 Å². The van der Waals surface area contributed by atoms with E-state index in [9.17, 15) is 0 Å². The summed E-state index contributed by atoms with van der Waals surface area (Å²) in [5.74, 6) is 2.18. The third-order valence-electron chi connectivity index (χ3n) is 3.61. The second kappa shape index (κ2) is 4.57. The zero-order valence-electron chi connectivity index (χ0n) is 10.7. The summed E-state index contributed by atoms with van der Waals surface area (Å²) in [6, 6.07) is 4.12. The average Bonchev–Trinajstić information content (AvgIpc) is 2.81. The average molecular weight is 246 g/mol. The molecular weight excluding hydrogens is 228 g/mol. The lowest BCUT2D eigenvalue weighted by atomic mass is 9.92. The van der Waals surface area contributed by atoms with Crippen LogP contribution < -0.4 is 10.1 Å². The summed E-state index contributed by atoms with van der Waals surface area (Å²) >= 11 is 0. The summed E-state index contributed by atoms with van der Waals surface area (Å²) in [5, 5.41) is 3.52. The van der Waals surface area contributed by atoms with Crippen LogP contribution in [-0.4, -0.2) is 28.6 Å². The zero-order chi connectivity index (χ0) is 12.5. The van der Waals surface area contributed by atoms with Crippen LogP contribution in [0.3, 0.4) is 0 Å². The minimum absolute atomic E-state index is 0.305. The minimum atomic E-state index is 0.305. The molecule has 0 amide bonds. The van der Waals surface area contributed by atoms with E-state index in [0.717, 1.165) is 23.5 Å². The number of pyridine rings is 1. The van der Waals surface area contributed by atoms with Gasteiger partial charge in [0.15, 0.2) is 5.65 Å². The summed E-state index contributed by atoms with van der Waals surface area (Å²) in [6.07, 6.45) is 2.48. The molecule has 96 valence electrons. The fourth-order valence-corrected chi connectivity index (χ4v) is 2.57. The van der Waals surface area contributed by atoms with E-state index in [1.807, 2.05) is 12.1 Å². The summed E-state index contributed by atoms with van der Waals surface area (Å²) in [5.41, 5.74) is 1.69. The first kappa shape index (κ1) is 11.5. The van der Waals surface area contributed by atoms with Crippen molar-refractivity contribution in [3.05, 3.63) is 18.0 Å². The molecule has 3 heterocycles. The van der Waals surface area contributed by atoms with Crippen molar-refractivity contribution >= 4 is 11.2 Å². The number of aromatic nitrogens is 3. The Morgan fingerprint density at radius 3 is 3.00 bits per heavy atom. The number of hydrogen-bond donors (Lipinski definition) is 2. The first-order chi connectivity index (χ1) is 8.78. The highest BCUT2D eigenvalue weighted by molar-refractivity contribution is 5.71. The van der Waals surface area contributed by atoms with Gasteiger partial charge in [-0.25, -0.2) is 4.98 Å². The van der Waals surface area contributed by atoms with Crippen LogP contribution in [0.25, 0.3) is 11.2 Å². The first-order valence-corrected chi connectivity index (χ1v) is 6.42. The second-order valence-corrected chi connectivity index (χ2v) is 4.90. The Bertz CT molecular complexity index is 551. The predicted octanol–water partition coefficient (Wildman–Crippen LogP) is 2.03. The largest absolute Gasteiger partial charge is 0.481 e. The van der Waals surface area contributed by atoms with Gasteiger partial charge in [-0.05, 0) is 31.4 Å². The third-order valence-corrected chi connectivity index (χ3v) is 3.61. The number of nitrogens with one attached hydrogen (secondary N) is 2. The Morgan fingerprint density at radius 2 is 2.22 bits per heavy atom. The van der Waals surface area contributed by atoms with Gasteiger partial charge in [0.25, 0.3) is 0 Å².